The first-order valence-electron chi connectivity index (χ1n) is 8.38. The monoisotopic (exact) mass is 374 g/mol. The number of methoxy groups -OCH3 is 1. The van der Waals surface area contributed by atoms with E-state index in [0.717, 1.165) is 23.5 Å². The molecule has 0 bridgehead atoms. The van der Waals surface area contributed by atoms with Gasteiger partial charge in [0.05, 0.1) is 23.3 Å². The SMILES string of the molecule is COC(=O)c1cc(C(=O)NC[C@H](C)Cn2nc(C)cc2C)cc([N+](=O)[O-])c1. The number of amides is 1. The molecule has 0 spiro atoms. The number of hydrogen-bond donors (Lipinski definition) is 1. The predicted molar refractivity (Wildman–Crippen MR) is 97.6 cm³/mol. The van der Waals surface area contributed by atoms with Gasteiger partial charge in [0.2, 0.25) is 0 Å². The van der Waals surface area contributed by atoms with Gasteiger partial charge in [0.25, 0.3) is 11.6 Å². The molecule has 9 nitrogen and oxygen atoms in total. The van der Waals surface area contributed by atoms with Gasteiger partial charge >= 0.3 is 5.97 Å². The predicted octanol–water partition coefficient (Wildman–Crippen LogP) is 2.26. The highest BCUT2D eigenvalue weighted by Crippen LogP contribution is 2.18. The summed E-state index contributed by atoms with van der Waals surface area (Å²) in [6.45, 7) is 6.82. The normalized spacial score (nSPS) is 11.7. The number of hydrogen-bond acceptors (Lipinski definition) is 6. The van der Waals surface area contributed by atoms with Crippen LogP contribution in [0.5, 0.6) is 0 Å². The summed E-state index contributed by atoms with van der Waals surface area (Å²) < 4.78 is 6.45. The van der Waals surface area contributed by atoms with Crippen LogP contribution in [0.1, 0.15) is 39.0 Å². The number of nitrogens with one attached hydrogen (secondary N) is 1. The Morgan fingerprint density at radius 2 is 1.93 bits per heavy atom. The summed E-state index contributed by atoms with van der Waals surface area (Å²) in [5.41, 5.74) is 1.59. The van der Waals surface area contributed by atoms with E-state index in [9.17, 15) is 19.7 Å². The quantitative estimate of drug-likeness (QED) is 0.451. The Kier molecular flexibility index (Phi) is 6.27. The zero-order chi connectivity index (χ0) is 20.1. The minimum absolute atomic E-state index is 0.0305. The third-order valence-electron chi connectivity index (χ3n) is 4.01. The molecule has 27 heavy (non-hydrogen) atoms. The molecule has 1 amide bonds. The van der Waals surface area contributed by atoms with Crippen molar-refractivity contribution in [3.63, 3.8) is 0 Å². The van der Waals surface area contributed by atoms with Gasteiger partial charge in [0.1, 0.15) is 0 Å². The number of ether oxygens (including phenoxy) is 1. The molecule has 1 N–H and O–H groups in total. The Balaban J connectivity index is 2.08. The number of rotatable bonds is 7. The lowest BCUT2D eigenvalue weighted by atomic mass is 10.1. The molecule has 1 heterocycles. The van der Waals surface area contributed by atoms with Crippen molar-refractivity contribution in [3.8, 4) is 0 Å². The fourth-order valence-corrected chi connectivity index (χ4v) is 2.67. The summed E-state index contributed by atoms with van der Waals surface area (Å²) in [6, 6.07) is 5.46. The molecular weight excluding hydrogens is 352 g/mol. The highest BCUT2D eigenvalue weighted by Gasteiger charge is 2.19. The Morgan fingerprint density at radius 3 is 2.48 bits per heavy atom. The first-order valence-corrected chi connectivity index (χ1v) is 8.38. The van der Waals surface area contributed by atoms with Crippen LogP contribution in [0.2, 0.25) is 0 Å². The van der Waals surface area contributed by atoms with Gasteiger partial charge < -0.3 is 10.1 Å². The van der Waals surface area contributed by atoms with Gasteiger partial charge in [-0.05, 0) is 31.9 Å². The van der Waals surface area contributed by atoms with E-state index >= 15 is 0 Å². The lowest BCUT2D eigenvalue weighted by Gasteiger charge is -2.14. The maximum Gasteiger partial charge on any atom is 0.338 e. The maximum absolute atomic E-state index is 12.4. The van der Waals surface area contributed by atoms with Crippen LogP contribution < -0.4 is 5.32 Å². The Hall–Kier alpha value is -3.23. The van der Waals surface area contributed by atoms with Crippen molar-refractivity contribution in [3.05, 3.63) is 56.9 Å². The van der Waals surface area contributed by atoms with E-state index in [2.05, 4.69) is 15.2 Å². The highest BCUT2D eigenvalue weighted by atomic mass is 16.6. The van der Waals surface area contributed by atoms with E-state index in [1.165, 1.54) is 13.2 Å². The van der Waals surface area contributed by atoms with Gasteiger partial charge in [0, 0.05) is 36.5 Å². The molecule has 9 heteroatoms. The molecule has 0 aliphatic rings. The lowest BCUT2D eigenvalue weighted by Crippen LogP contribution is -2.30. The third kappa shape index (κ3) is 5.13. The topological polar surface area (TPSA) is 116 Å². The Morgan fingerprint density at radius 1 is 1.26 bits per heavy atom. The van der Waals surface area contributed by atoms with Crippen LogP contribution in [0.3, 0.4) is 0 Å². The minimum Gasteiger partial charge on any atom is -0.465 e. The van der Waals surface area contributed by atoms with Crippen molar-refractivity contribution in [2.24, 2.45) is 5.92 Å². The molecule has 0 aliphatic heterocycles. The Bertz CT molecular complexity index is 875. The largest absolute Gasteiger partial charge is 0.465 e. The van der Waals surface area contributed by atoms with Gasteiger partial charge in [-0.15, -0.1) is 0 Å². The van der Waals surface area contributed by atoms with E-state index < -0.39 is 16.8 Å². The second-order valence-corrected chi connectivity index (χ2v) is 6.44. The molecule has 0 saturated heterocycles. The maximum atomic E-state index is 12.4. The summed E-state index contributed by atoms with van der Waals surface area (Å²) in [6.07, 6.45) is 0. The van der Waals surface area contributed by atoms with Crippen molar-refractivity contribution in [1.82, 2.24) is 15.1 Å². The molecule has 1 aromatic carbocycles. The van der Waals surface area contributed by atoms with Crippen molar-refractivity contribution in [2.45, 2.75) is 27.3 Å². The molecule has 0 radical (unpaired) electrons. The lowest BCUT2D eigenvalue weighted by molar-refractivity contribution is -0.384. The Labute approximate surface area is 156 Å². The summed E-state index contributed by atoms with van der Waals surface area (Å²) in [5.74, 6) is -1.15. The van der Waals surface area contributed by atoms with Gasteiger partial charge in [-0.3, -0.25) is 19.6 Å². The summed E-state index contributed by atoms with van der Waals surface area (Å²) in [7, 11) is 1.17. The number of non-ortho nitro benzene ring substituents is 1. The van der Waals surface area contributed by atoms with Crippen molar-refractivity contribution in [2.75, 3.05) is 13.7 Å². The van der Waals surface area contributed by atoms with E-state index in [-0.39, 0.29) is 22.7 Å². The molecule has 1 atom stereocenters. The summed E-state index contributed by atoms with van der Waals surface area (Å²) in [5, 5.41) is 18.2. The van der Waals surface area contributed by atoms with Crippen LogP contribution >= 0.6 is 0 Å². The van der Waals surface area contributed by atoms with Gasteiger partial charge in [0.15, 0.2) is 0 Å². The standard InChI is InChI=1S/C18H22N4O5/c1-11(10-21-13(3)5-12(2)20-21)9-19-17(23)14-6-15(18(24)27-4)8-16(7-14)22(25)26/h5-8,11H,9-10H2,1-4H3,(H,19,23)/t11-/m0/s1. The molecule has 0 aliphatic carbocycles. The molecule has 2 rings (SSSR count). The van der Waals surface area contributed by atoms with E-state index in [0.29, 0.717) is 13.1 Å². The first-order chi connectivity index (χ1) is 12.7. The highest BCUT2D eigenvalue weighted by molar-refractivity contribution is 5.98. The first kappa shape index (κ1) is 20.1. The van der Waals surface area contributed by atoms with Crippen LogP contribution in [0.15, 0.2) is 24.3 Å². The van der Waals surface area contributed by atoms with Crippen LogP contribution in [0.4, 0.5) is 5.69 Å². The van der Waals surface area contributed by atoms with Gasteiger partial charge in [-0.2, -0.15) is 5.10 Å². The zero-order valence-electron chi connectivity index (χ0n) is 15.7. The molecule has 1 aromatic heterocycles. The molecule has 2 aromatic rings. The van der Waals surface area contributed by atoms with Gasteiger partial charge in [-0.25, -0.2) is 4.79 Å². The molecular formula is C18H22N4O5. The minimum atomic E-state index is -0.745. The van der Waals surface area contributed by atoms with Gasteiger partial charge in [-0.1, -0.05) is 6.92 Å². The van der Waals surface area contributed by atoms with Crippen LogP contribution in [0.25, 0.3) is 0 Å². The fraction of sp³-hybridized carbons (Fsp3) is 0.389. The number of nitro benzene ring substituents is 1. The molecule has 144 valence electrons. The number of aryl methyl sites for hydroxylation is 2. The van der Waals surface area contributed by atoms with Crippen molar-refractivity contribution < 1.29 is 19.2 Å². The fourth-order valence-electron chi connectivity index (χ4n) is 2.67. The zero-order valence-corrected chi connectivity index (χ0v) is 15.7. The molecule has 0 saturated carbocycles. The summed E-state index contributed by atoms with van der Waals surface area (Å²) >= 11 is 0. The average Bonchev–Trinajstić information content (AvgIpc) is 2.95. The van der Waals surface area contributed by atoms with Crippen LogP contribution in [-0.2, 0) is 11.3 Å². The molecule has 0 unspecified atom stereocenters. The van der Waals surface area contributed by atoms with Crippen molar-refractivity contribution in [1.29, 1.82) is 0 Å². The number of esters is 1. The van der Waals surface area contributed by atoms with Crippen molar-refractivity contribution >= 4 is 17.6 Å². The summed E-state index contributed by atoms with van der Waals surface area (Å²) in [4.78, 5) is 34.5. The second kappa shape index (κ2) is 8.43. The number of aromatic nitrogens is 2. The number of carbonyl (C=O) groups is 2. The molecule has 0 fully saturated rings. The number of nitro groups is 1. The van der Waals surface area contributed by atoms with E-state index in [1.54, 1.807) is 0 Å². The van der Waals surface area contributed by atoms with E-state index in [4.69, 9.17) is 0 Å². The second-order valence-electron chi connectivity index (χ2n) is 6.44. The number of benzene rings is 1. The number of nitrogens with zero attached hydrogens (tertiary/aromatic N) is 3. The van der Waals surface area contributed by atoms with Crippen LogP contribution in [-0.4, -0.2) is 40.2 Å². The van der Waals surface area contributed by atoms with E-state index in [1.807, 2.05) is 31.5 Å². The van der Waals surface area contributed by atoms with Crippen LogP contribution in [0, 0.1) is 29.9 Å². The average molecular weight is 374 g/mol. The third-order valence-corrected chi connectivity index (χ3v) is 4.01. The smallest absolute Gasteiger partial charge is 0.338 e. The number of carbonyl (C=O) groups excluding carboxylic acids is 2.